The van der Waals surface area contributed by atoms with E-state index in [1.807, 2.05) is 24.4 Å². The van der Waals surface area contributed by atoms with E-state index in [0.29, 0.717) is 18.0 Å². The number of aromatic nitrogens is 3. The molecule has 29 heavy (non-hydrogen) atoms. The van der Waals surface area contributed by atoms with Crippen molar-refractivity contribution in [2.75, 3.05) is 13.2 Å². The topological polar surface area (TPSA) is 88.1 Å². The second kappa shape index (κ2) is 7.30. The number of imidazole rings is 1. The lowest BCUT2D eigenvalue weighted by molar-refractivity contribution is 0.00630. The first-order chi connectivity index (χ1) is 14.2. The number of hydrogen-bond donors (Lipinski definition) is 1. The molecule has 0 aliphatic carbocycles. The van der Waals surface area contributed by atoms with E-state index in [-0.39, 0.29) is 6.10 Å². The van der Waals surface area contributed by atoms with Gasteiger partial charge >= 0.3 is 0 Å². The molecule has 0 saturated carbocycles. The summed E-state index contributed by atoms with van der Waals surface area (Å²) >= 11 is 0. The molecule has 2 atom stereocenters. The number of hydrogen-bond acceptors (Lipinski definition) is 6. The van der Waals surface area contributed by atoms with Crippen LogP contribution < -0.4 is 5.32 Å². The maximum Gasteiger partial charge on any atom is 0.116 e. The lowest BCUT2D eigenvalue weighted by Gasteiger charge is -2.30. The lowest BCUT2D eigenvalue weighted by Crippen LogP contribution is -2.26. The van der Waals surface area contributed by atoms with Gasteiger partial charge in [-0.05, 0) is 44.0 Å². The van der Waals surface area contributed by atoms with Crippen molar-refractivity contribution in [3.63, 3.8) is 0 Å². The van der Waals surface area contributed by atoms with Gasteiger partial charge in [0.2, 0.25) is 0 Å². The van der Waals surface area contributed by atoms with E-state index in [1.54, 1.807) is 6.34 Å². The van der Waals surface area contributed by atoms with Crippen molar-refractivity contribution in [3.8, 4) is 6.07 Å². The molecule has 146 valence electrons. The van der Waals surface area contributed by atoms with Crippen molar-refractivity contribution in [2.24, 2.45) is 4.99 Å². The van der Waals surface area contributed by atoms with Crippen LogP contribution in [0.2, 0.25) is 0 Å². The van der Waals surface area contributed by atoms with Crippen LogP contribution in [0.1, 0.15) is 37.2 Å². The maximum atomic E-state index is 9.40. The lowest BCUT2D eigenvalue weighted by atomic mass is 10.0. The van der Waals surface area contributed by atoms with Crippen LogP contribution in [-0.4, -0.2) is 40.1 Å². The van der Waals surface area contributed by atoms with Crippen LogP contribution in [0.5, 0.6) is 0 Å². The fourth-order valence-electron chi connectivity index (χ4n) is 4.31. The van der Waals surface area contributed by atoms with Crippen LogP contribution in [-0.2, 0) is 11.2 Å². The number of benzene rings is 1. The van der Waals surface area contributed by atoms with Crippen molar-refractivity contribution in [3.05, 3.63) is 47.6 Å². The summed E-state index contributed by atoms with van der Waals surface area (Å²) in [7, 11) is 0. The summed E-state index contributed by atoms with van der Waals surface area (Å²) in [6.07, 6.45) is 8.43. The normalized spacial score (nSPS) is 21.7. The van der Waals surface area contributed by atoms with Crippen molar-refractivity contribution < 1.29 is 4.74 Å². The van der Waals surface area contributed by atoms with Gasteiger partial charge in [0, 0.05) is 36.7 Å². The zero-order valence-electron chi connectivity index (χ0n) is 16.3. The van der Waals surface area contributed by atoms with Gasteiger partial charge in [0.15, 0.2) is 0 Å². The molecule has 0 amide bonds. The van der Waals surface area contributed by atoms with Gasteiger partial charge in [-0.25, -0.2) is 9.98 Å². The molecule has 0 spiro atoms. The third-order valence-corrected chi connectivity index (χ3v) is 5.66. The molecule has 1 fully saturated rings. The molecule has 0 unspecified atom stereocenters. The fourth-order valence-corrected chi connectivity index (χ4v) is 4.31. The second-order valence-electron chi connectivity index (χ2n) is 7.63. The highest BCUT2D eigenvalue weighted by Crippen LogP contribution is 2.34. The van der Waals surface area contributed by atoms with E-state index in [9.17, 15) is 5.26 Å². The third-order valence-electron chi connectivity index (χ3n) is 5.66. The number of allylic oxidation sites excluding steroid dienone is 1. The summed E-state index contributed by atoms with van der Waals surface area (Å²) in [5.74, 6) is 0.987. The minimum atomic E-state index is 0.206. The Balaban J connectivity index is 1.73. The predicted octanol–water partition coefficient (Wildman–Crippen LogP) is 3.25. The Hall–Kier alpha value is -3.24. The Morgan fingerprint density at radius 2 is 2.28 bits per heavy atom. The molecule has 3 aromatic rings. The molecule has 4 heterocycles. The molecule has 1 N–H and O–H groups in total. The van der Waals surface area contributed by atoms with Gasteiger partial charge in [-0.2, -0.15) is 5.26 Å². The first-order valence-corrected chi connectivity index (χ1v) is 9.99. The number of nitrogens with one attached hydrogen (secondary N) is 1. The van der Waals surface area contributed by atoms with E-state index in [0.717, 1.165) is 59.5 Å². The Morgan fingerprint density at radius 3 is 3.07 bits per heavy atom. The Kier molecular flexibility index (Phi) is 4.49. The van der Waals surface area contributed by atoms with Crippen molar-refractivity contribution in [2.45, 2.75) is 38.3 Å². The Bertz CT molecular complexity index is 1190. The van der Waals surface area contributed by atoms with Gasteiger partial charge in [0.1, 0.15) is 11.3 Å². The van der Waals surface area contributed by atoms with Crippen LogP contribution in [0.4, 0.5) is 0 Å². The van der Waals surface area contributed by atoms with Crippen molar-refractivity contribution in [1.82, 2.24) is 19.9 Å². The molecule has 0 radical (unpaired) electrons. The average Bonchev–Trinajstić information content (AvgIpc) is 3.12. The molecule has 5 rings (SSSR count). The van der Waals surface area contributed by atoms with Gasteiger partial charge in [-0.15, -0.1) is 0 Å². The number of pyridine rings is 1. The number of nitriles is 1. The molecule has 2 aliphatic heterocycles. The summed E-state index contributed by atoms with van der Waals surface area (Å²) in [5, 5.41) is 13.5. The molecule has 2 aliphatic rings. The van der Waals surface area contributed by atoms with Crippen molar-refractivity contribution >= 4 is 28.3 Å². The predicted molar refractivity (Wildman–Crippen MR) is 112 cm³/mol. The third kappa shape index (κ3) is 3.26. The number of rotatable bonds is 3. The highest BCUT2D eigenvalue weighted by Gasteiger charge is 2.26. The molecule has 7 nitrogen and oxygen atoms in total. The summed E-state index contributed by atoms with van der Waals surface area (Å²) in [6.45, 7) is 3.64. The van der Waals surface area contributed by atoms with E-state index in [1.165, 1.54) is 0 Å². The van der Waals surface area contributed by atoms with Gasteiger partial charge in [0.25, 0.3) is 0 Å². The van der Waals surface area contributed by atoms with Crippen LogP contribution in [0.15, 0.2) is 41.2 Å². The summed E-state index contributed by atoms with van der Waals surface area (Å²) in [6, 6.07) is 8.20. The number of aliphatic imine (C=N–C) groups is 1. The van der Waals surface area contributed by atoms with E-state index < -0.39 is 0 Å². The smallest absolute Gasteiger partial charge is 0.116 e. The Morgan fingerprint density at radius 1 is 1.34 bits per heavy atom. The highest BCUT2D eigenvalue weighted by atomic mass is 16.5. The van der Waals surface area contributed by atoms with Crippen LogP contribution in [0.3, 0.4) is 0 Å². The first-order valence-electron chi connectivity index (χ1n) is 9.99. The largest absolute Gasteiger partial charge is 0.378 e. The fraction of sp³-hybridized carbons (Fsp3) is 0.364. The average molecular weight is 386 g/mol. The number of fused-ring (bicyclic) bond motifs is 3. The second-order valence-corrected chi connectivity index (χ2v) is 7.63. The zero-order chi connectivity index (χ0) is 19.8. The monoisotopic (exact) mass is 386 g/mol. The number of ether oxygens (including phenoxy) is 1. The van der Waals surface area contributed by atoms with E-state index in [2.05, 4.69) is 38.9 Å². The molecule has 1 saturated heterocycles. The maximum absolute atomic E-state index is 9.40. The quantitative estimate of drug-likeness (QED) is 0.746. The molecule has 2 aromatic heterocycles. The van der Waals surface area contributed by atoms with Crippen LogP contribution >= 0.6 is 0 Å². The zero-order valence-corrected chi connectivity index (χ0v) is 16.3. The molecule has 0 bridgehead atoms. The minimum Gasteiger partial charge on any atom is -0.378 e. The van der Waals surface area contributed by atoms with Crippen molar-refractivity contribution in [1.29, 1.82) is 5.26 Å². The van der Waals surface area contributed by atoms with Gasteiger partial charge in [-0.1, -0.05) is 0 Å². The summed E-state index contributed by atoms with van der Waals surface area (Å²) in [4.78, 5) is 14.0. The van der Waals surface area contributed by atoms with Gasteiger partial charge in [-0.3, -0.25) is 4.98 Å². The minimum absolute atomic E-state index is 0.206. The Labute approximate surface area is 168 Å². The molecule has 1 aromatic carbocycles. The molecular weight excluding hydrogens is 364 g/mol. The summed E-state index contributed by atoms with van der Waals surface area (Å²) in [5.41, 5.74) is 4.44. The van der Waals surface area contributed by atoms with Crippen LogP contribution in [0.25, 0.3) is 21.9 Å². The standard InChI is InChI=1S/C22H22N6O/c1-14-8-17(5-7-29-14)28-21(10-16-4-6-24-13-26-16)27-20-12-25-19-3-2-15(11-23)9-18(19)22(20)28/h2-4,9,12-14,17H,5-8,10H2,1H3,(H,24,26)/t14-,17-/m1/s1. The highest BCUT2D eigenvalue weighted by molar-refractivity contribution is 6.02. The van der Waals surface area contributed by atoms with E-state index >= 15 is 0 Å². The van der Waals surface area contributed by atoms with E-state index in [4.69, 9.17) is 9.72 Å². The van der Waals surface area contributed by atoms with Gasteiger partial charge in [0.05, 0.1) is 41.3 Å². The first kappa shape index (κ1) is 17.8. The SMILES string of the molecule is C[C@@H]1C[C@H](n2c(CC3=CCNC=N3)nc3cnc4ccc(C#N)cc4c32)CCO1. The van der Waals surface area contributed by atoms with Crippen LogP contribution in [0, 0.1) is 11.3 Å². The molecule has 7 heteroatoms. The van der Waals surface area contributed by atoms with Gasteiger partial charge < -0.3 is 14.6 Å². The molecular formula is C22H22N6O. The summed E-state index contributed by atoms with van der Waals surface area (Å²) < 4.78 is 8.16. The number of nitrogens with zero attached hydrogens (tertiary/aromatic N) is 5.